The minimum absolute atomic E-state index is 0.0318. The monoisotopic (exact) mass is 446 g/mol. The highest BCUT2D eigenvalue weighted by Gasteiger charge is 2.37. The van der Waals surface area contributed by atoms with Crippen LogP contribution in [0.25, 0.3) is 10.8 Å². The second-order valence-electron chi connectivity index (χ2n) is 7.09. The van der Waals surface area contributed by atoms with Crippen LogP contribution in [0.2, 0.25) is 0 Å². The van der Waals surface area contributed by atoms with Gasteiger partial charge in [-0.05, 0) is 30.0 Å². The first-order chi connectivity index (χ1) is 14.8. The van der Waals surface area contributed by atoms with E-state index in [-0.39, 0.29) is 10.6 Å². The van der Waals surface area contributed by atoms with Gasteiger partial charge in [-0.25, -0.2) is 8.42 Å². The lowest BCUT2D eigenvalue weighted by Gasteiger charge is -2.23. The number of ether oxygens (including phenoxy) is 1. The Bertz CT molecular complexity index is 1240. The van der Waals surface area contributed by atoms with E-state index in [9.17, 15) is 22.0 Å². The van der Waals surface area contributed by atoms with E-state index in [2.05, 4.69) is 10.1 Å². The van der Waals surface area contributed by atoms with E-state index in [1.165, 1.54) is 12.1 Å². The molecule has 0 aromatic heterocycles. The number of sulfonamides is 1. The Labute approximate surface area is 178 Å². The van der Waals surface area contributed by atoms with E-state index in [4.69, 9.17) is 0 Å². The molecule has 0 saturated carbocycles. The average Bonchev–Trinajstić information content (AvgIpc) is 2.95. The second-order valence-corrected chi connectivity index (χ2v) is 8.92. The molecule has 0 radical (unpaired) electrons. The summed E-state index contributed by atoms with van der Waals surface area (Å²) in [6, 6.07) is 15.8. The van der Waals surface area contributed by atoms with Gasteiger partial charge >= 0.3 is 6.61 Å². The fraction of sp³-hybridized carbons (Fsp3) is 0.227. The van der Waals surface area contributed by atoms with Crippen LogP contribution in [0, 0.1) is 0 Å². The summed E-state index contributed by atoms with van der Waals surface area (Å²) in [6.45, 7) is -1.64. The van der Waals surface area contributed by atoms with Gasteiger partial charge in [0.05, 0.1) is 16.6 Å². The molecule has 9 heteroatoms. The van der Waals surface area contributed by atoms with Gasteiger partial charge in [0.2, 0.25) is 5.91 Å². The molecule has 1 heterocycles. The first kappa shape index (κ1) is 21.0. The van der Waals surface area contributed by atoms with E-state index in [0.717, 1.165) is 9.69 Å². The predicted octanol–water partition coefficient (Wildman–Crippen LogP) is 4.22. The highest BCUT2D eigenvalue weighted by Crippen LogP contribution is 2.41. The van der Waals surface area contributed by atoms with Gasteiger partial charge in [0, 0.05) is 10.9 Å². The highest BCUT2D eigenvalue weighted by molar-refractivity contribution is 7.93. The van der Waals surface area contributed by atoms with Crippen LogP contribution in [0.4, 0.5) is 14.5 Å². The molecule has 0 spiro atoms. The third-order valence-corrected chi connectivity index (χ3v) is 7.02. The molecule has 162 valence electrons. The molecule has 1 atom stereocenters. The number of rotatable bonds is 7. The third kappa shape index (κ3) is 3.81. The van der Waals surface area contributed by atoms with Gasteiger partial charge in [0.1, 0.15) is 12.3 Å². The van der Waals surface area contributed by atoms with Crippen LogP contribution in [-0.2, 0) is 14.8 Å². The van der Waals surface area contributed by atoms with Gasteiger partial charge in [0.15, 0.2) is 0 Å². The van der Waals surface area contributed by atoms with Crippen molar-refractivity contribution in [3.05, 3.63) is 66.2 Å². The maximum absolute atomic E-state index is 13.0. The SMILES string of the molecule is CCC(NC(=O)CN1c2cccc3cccc(c23)S1(=O)=O)c1ccccc1OC(F)F. The van der Waals surface area contributed by atoms with Crippen LogP contribution in [0.15, 0.2) is 65.6 Å². The Kier molecular flexibility index (Phi) is 5.53. The molecule has 1 aliphatic rings. The van der Waals surface area contributed by atoms with Crippen molar-refractivity contribution in [1.29, 1.82) is 0 Å². The maximum atomic E-state index is 13.0. The molecule has 1 unspecified atom stereocenters. The molecule has 1 amide bonds. The van der Waals surface area contributed by atoms with Gasteiger partial charge in [-0.15, -0.1) is 0 Å². The number of halogens is 2. The number of alkyl halides is 2. The van der Waals surface area contributed by atoms with E-state index in [0.29, 0.717) is 23.1 Å². The van der Waals surface area contributed by atoms with Gasteiger partial charge in [-0.2, -0.15) is 8.78 Å². The third-order valence-electron chi connectivity index (χ3n) is 5.22. The molecule has 0 saturated heterocycles. The molecule has 31 heavy (non-hydrogen) atoms. The zero-order valence-corrected chi connectivity index (χ0v) is 17.4. The molecule has 0 fully saturated rings. The molecular formula is C22H20F2N2O4S. The van der Waals surface area contributed by atoms with Crippen LogP contribution < -0.4 is 14.4 Å². The van der Waals surface area contributed by atoms with Gasteiger partial charge in [-0.3, -0.25) is 9.10 Å². The van der Waals surface area contributed by atoms with Crippen molar-refractivity contribution < 1.29 is 26.7 Å². The van der Waals surface area contributed by atoms with Crippen LogP contribution in [0.1, 0.15) is 24.9 Å². The average molecular weight is 446 g/mol. The summed E-state index contributed by atoms with van der Waals surface area (Å²) in [5, 5.41) is 4.10. The summed E-state index contributed by atoms with van der Waals surface area (Å²) in [6.07, 6.45) is 0.401. The number of benzene rings is 3. The summed E-state index contributed by atoms with van der Waals surface area (Å²) in [5.41, 5.74) is 0.839. The number of amides is 1. The van der Waals surface area contributed by atoms with Gasteiger partial charge in [0.25, 0.3) is 10.0 Å². The summed E-state index contributed by atoms with van der Waals surface area (Å²) in [7, 11) is -3.88. The Hall–Kier alpha value is -3.20. The van der Waals surface area contributed by atoms with Crippen molar-refractivity contribution in [3.8, 4) is 5.75 Å². The smallest absolute Gasteiger partial charge is 0.387 e. The molecule has 4 rings (SSSR count). The highest BCUT2D eigenvalue weighted by atomic mass is 32.2. The van der Waals surface area contributed by atoms with Crippen molar-refractivity contribution in [2.75, 3.05) is 10.8 Å². The van der Waals surface area contributed by atoms with Crippen LogP contribution in [-0.4, -0.2) is 27.5 Å². The Morgan fingerprint density at radius 1 is 1.06 bits per heavy atom. The topological polar surface area (TPSA) is 75.7 Å². The Balaban J connectivity index is 1.59. The lowest BCUT2D eigenvalue weighted by atomic mass is 10.0. The molecule has 6 nitrogen and oxygen atoms in total. The zero-order chi connectivity index (χ0) is 22.2. The Morgan fingerprint density at radius 3 is 2.48 bits per heavy atom. The van der Waals surface area contributed by atoms with E-state index in [1.807, 2.05) is 12.1 Å². The molecule has 0 bridgehead atoms. The van der Waals surface area contributed by atoms with Crippen molar-refractivity contribution in [1.82, 2.24) is 5.32 Å². The number of hydrogen-bond acceptors (Lipinski definition) is 4. The number of anilines is 1. The van der Waals surface area contributed by atoms with E-state index in [1.54, 1.807) is 43.3 Å². The van der Waals surface area contributed by atoms with Crippen LogP contribution in [0.3, 0.4) is 0 Å². The summed E-state index contributed by atoms with van der Waals surface area (Å²) in [4.78, 5) is 13.0. The zero-order valence-electron chi connectivity index (χ0n) is 16.6. The number of para-hydroxylation sites is 1. The minimum atomic E-state index is -3.88. The molecule has 0 aliphatic carbocycles. The largest absolute Gasteiger partial charge is 0.434 e. The van der Waals surface area contributed by atoms with Gasteiger partial charge in [-0.1, -0.05) is 49.4 Å². The van der Waals surface area contributed by atoms with Crippen molar-refractivity contribution in [2.24, 2.45) is 0 Å². The lowest BCUT2D eigenvalue weighted by molar-refractivity contribution is -0.120. The molecular weight excluding hydrogens is 426 g/mol. The second kappa shape index (κ2) is 8.14. The van der Waals surface area contributed by atoms with Crippen molar-refractivity contribution >= 4 is 32.4 Å². The Morgan fingerprint density at radius 2 is 1.77 bits per heavy atom. The summed E-state index contributed by atoms with van der Waals surface area (Å²) >= 11 is 0. The van der Waals surface area contributed by atoms with Crippen molar-refractivity contribution in [3.63, 3.8) is 0 Å². The molecule has 1 N–H and O–H groups in total. The van der Waals surface area contributed by atoms with Gasteiger partial charge < -0.3 is 10.1 Å². The first-order valence-corrected chi connectivity index (χ1v) is 11.1. The predicted molar refractivity (Wildman–Crippen MR) is 113 cm³/mol. The quantitative estimate of drug-likeness (QED) is 0.590. The van der Waals surface area contributed by atoms with Crippen LogP contribution in [0.5, 0.6) is 5.75 Å². The maximum Gasteiger partial charge on any atom is 0.387 e. The van der Waals surface area contributed by atoms with Crippen molar-refractivity contribution in [2.45, 2.75) is 30.9 Å². The number of nitrogens with zero attached hydrogens (tertiary/aromatic N) is 1. The number of carbonyl (C=O) groups is 1. The fourth-order valence-electron chi connectivity index (χ4n) is 3.87. The molecule has 1 aliphatic heterocycles. The summed E-state index contributed by atoms with van der Waals surface area (Å²) < 4.78 is 57.2. The lowest BCUT2D eigenvalue weighted by Crippen LogP contribution is -2.40. The van der Waals surface area contributed by atoms with E-state index >= 15 is 0 Å². The number of hydrogen-bond donors (Lipinski definition) is 1. The standard InChI is InChI=1S/C22H20F2N2O4S/c1-2-16(15-9-3-4-11-18(15)30-22(23)24)25-20(27)13-26-17-10-5-7-14-8-6-12-19(21(14)17)31(26,28)29/h3-12,16,22H,2,13H2,1H3,(H,25,27). The first-order valence-electron chi connectivity index (χ1n) is 9.70. The minimum Gasteiger partial charge on any atom is -0.434 e. The molecule has 3 aromatic rings. The normalized spacial score (nSPS) is 15.3. The van der Waals surface area contributed by atoms with Crippen LogP contribution >= 0.6 is 0 Å². The fourth-order valence-corrected chi connectivity index (χ4v) is 5.54. The van der Waals surface area contributed by atoms with E-state index < -0.39 is 35.1 Å². The molecule has 3 aromatic carbocycles. The summed E-state index contributed by atoms with van der Waals surface area (Å²) in [5.74, 6) is -0.581. The number of nitrogens with one attached hydrogen (secondary N) is 1. The number of carbonyl (C=O) groups excluding carboxylic acids is 1.